The molecule has 0 spiro atoms. The molecule has 3 atom stereocenters. The molecule has 96 valence electrons. The molecule has 7 heteroatoms. The predicted molar refractivity (Wildman–Crippen MR) is 68.4 cm³/mol. The normalized spacial score (nSPS) is 30.3. The number of halogens is 2. The smallest absolute Gasteiger partial charge is 0.306 e. The molecule has 1 N–H and O–H groups in total. The monoisotopic (exact) mass is 288 g/mol. The number of nitrogens with one attached hydrogen (secondary N) is 1. The van der Waals surface area contributed by atoms with Gasteiger partial charge < -0.3 is 4.52 Å². The van der Waals surface area contributed by atoms with Gasteiger partial charge in [0.15, 0.2) is 0 Å². The molecule has 1 aliphatic heterocycles. The van der Waals surface area contributed by atoms with Crippen LogP contribution < -0.4 is 5.09 Å². The third-order valence-electron chi connectivity index (χ3n) is 2.69. The Bertz CT molecular complexity index is 256. The van der Waals surface area contributed by atoms with Crippen LogP contribution in [-0.4, -0.2) is 41.7 Å². The lowest BCUT2D eigenvalue weighted by atomic mass is 10.2. The maximum Gasteiger partial charge on any atom is 0.343 e. The summed E-state index contributed by atoms with van der Waals surface area (Å²) in [6.07, 6.45) is 0.878. The molecule has 1 heterocycles. The first kappa shape index (κ1) is 14.7. The molecule has 0 aromatic carbocycles. The van der Waals surface area contributed by atoms with E-state index in [2.05, 4.69) is 5.09 Å². The Hall–Kier alpha value is 0.690. The Morgan fingerprint density at radius 1 is 1.56 bits per heavy atom. The van der Waals surface area contributed by atoms with E-state index >= 15 is 0 Å². The van der Waals surface area contributed by atoms with Crippen molar-refractivity contribution in [1.29, 1.82) is 0 Å². The summed E-state index contributed by atoms with van der Waals surface area (Å²) < 4.78 is 19.7. The summed E-state index contributed by atoms with van der Waals surface area (Å²) in [6.45, 7) is 5.54. The molecule has 0 amide bonds. The lowest BCUT2D eigenvalue weighted by Gasteiger charge is -2.38. The fourth-order valence-electron chi connectivity index (χ4n) is 1.59. The van der Waals surface area contributed by atoms with E-state index in [0.717, 1.165) is 6.42 Å². The Morgan fingerprint density at radius 3 is 2.69 bits per heavy atom. The van der Waals surface area contributed by atoms with Crippen molar-refractivity contribution in [2.24, 2.45) is 0 Å². The quantitative estimate of drug-likeness (QED) is 0.624. The lowest BCUT2D eigenvalue weighted by Crippen LogP contribution is -2.42. The van der Waals surface area contributed by atoms with Crippen LogP contribution >= 0.6 is 30.9 Å². The SMILES string of the molecule is CC(Cl)C(C)N(CCCl)P1(=O)NCCCO1. The van der Waals surface area contributed by atoms with Gasteiger partial charge in [0.25, 0.3) is 0 Å². The largest absolute Gasteiger partial charge is 0.343 e. The highest BCUT2D eigenvalue weighted by Crippen LogP contribution is 2.50. The van der Waals surface area contributed by atoms with Gasteiger partial charge in [-0.2, -0.15) is 0 Å². The molecule has 1 rings (SSSR count). The minimum atomic E-state index is -2.94. The van der Waals surface area contributed by atoms with E-state index < -0.39 is 7.67 Å². The standard InChI is InChI=1S/C9H19Cl2N2O2P/c1-8(11)9(2)13(6-4-10)16(14)12-5-3-7-15-16/h8-9H,3-7H2,1-2H3,(H,12,14). The zero-order valence-corrected chi connectivity index (χ0v) is 12.1. The van der Waals surface area contributed by atoms with Crippen LogP contribution in [0.5, 0.6) is 0 Å². The van der Waals surface area contributed by atoms with Crippen LogP contribution in [0.2, 0.25) is 0 Å². The minimum absolute atomic E-state index is 0.0446. The molecule has 0 bridgehead atoms. The molecule has 1 saturated heterocycles. The molecule has 3 unspecified atom stereocenters. The molecule has 1 fully saturated rings. The zero-order valence-electron chi connectivity index (χ0n) is 9.66. The molecular weight excluding hydrogens is 270 g/mol. The molecule has 0 aromatic heterocycles. The van der Waals surface area contributed by atoms with E-state index in [9.17, 15) is 4.57 Å². The van der Waals surface area contributed by atoms with Gasteiger partial charge in [-0.25, -0.2) is 9.76 Å². The number of rotatable bonds is 5. The molecule has 0 aliphatic carbocycles. The highest BCUT2D eigenvalue weighted by atomic mass is 35.5. The summed E-state index contributed by atoms with van der Waals surface area (Å²) in [6, 6.07) is -0.0446. The van der Waals surface area contributed by atoms with Crippen molar-refractivity contribution in [1.82, 2.24) is 9.76 Å². The number of nitrogens with zero attached hydrogens (tertiary/aromatic N) is 1. The second-order valence-electron chi connectivity index (χ2n) is 3.89. The van der Waals surface area contributed by atoms with Crippen LogP contribution in [0.1, 0.15) is 20.3 Å². The van der Waals surface area contributed by atoms with Crippen LogP contribution in [0.15, 0.2) is 0 Å². The second-order valence-corrected chi connectivity index (χ2v) is 7.08. The van der Waals surface area contributed by atoms with Gasteiger partial charge in [-0.05, 0) is 20.3 Å². The van der Waals surface area contributed by atoms with Gasteiger partial charge in [0, 0.05) is 30.4 Å². The van der Waals surface area contributed by atoms with Crippen molar-refractivity contribution in [2.75, 3.05) is 25.6 Å². The minimum Gasteiger partial charge on any atom is -0.306 e. The van der Waals surface area contributed by atoms with E-state index in [1.807, 2.05) is 13.8 Å². The van der Waals surface area contributed by atoms with Gasteiger partial charge in [0.05, 0.1) is 6.61 Å². The first-order valence-electron chi connectivity index (χ1n) is 5.48. The van der Waals surface area contributed by atoms with Crippen LogP contribution in [-0.2, 0) is 9.09 Å². The van der Waals surface area contributed by atoms with Gasteiger partial charge in [-0.1, -0.05) is 0 Å². The highest BCUT2D eigenvalue weighted by molar-refractivity contribution is 7.54. The fraction of sp³-hybridized carbons (Fsp3) is 1.00. The highest BCUT2D eigenvalue weighted by Gasteiger charge is 2.37. The average Bonchev–Trinajstić information content (AvgIpc) is 2.25. The first-order valence-corrected chi connectivity index (χ1v) is 8.03. The summed E-state index contributed by atoms with van der Waals surface area (Å²) in [7, 11) is -2.94. The van der Waals surface area contributed by atoms with Crippen molar-refractivity contribution < 1.29 is 9.09 Å². The summed E-state index contributed by atoms with van der Waals surface area (Å²) in [4.78, 5) is 0. The van der Waals surface area contributed by atoms with Gasteiger partial charge in [-0.15, -0.1) is 23.2 Å². The van der Waals surface area contributed by atoms with Crippen molar-refractivity contribution >= 4 is 30.9 Å². The number of hydrogen-bond acceptors (Lipinski definition) is 2. The Labute approximate surface area is 107 Å². The van der Waals surface area contributed by atoms with Crippen molar-refractivity contribution in [3.05, 3.63) is 0 Å². The first-order chi connectivity index (χ1) is 7.51. The summed E-state index contributed by atoms with van der Waals surface area (Å²) in [5, 5.41) is 2.85. The van der Waals surface area contributed by atoms with Crippen molar-refractivity contribution in [2.45, 2.75) is 31.7 Å². The van der Waals surface area contributed by atoms with Gasteiger partial charge >= 0.3 is 7.67 Å². The Morgan fingerprint density at radius 2 is 2.25 bits per heavy atom. The van der Waals surface area contributed by atoms with Crippen LogP contribution in [0, 0.1) is 0 Å². The number of hydrogen-bond donors (Lipinski definition) is 1. The topological polar surface area (TPSA) is 41.6 Å². The summed E-state index contributed by atoms with van der Waals surface area (Å²) in [5.74, 6) is 0.406. The van der Waals surface area contributed by atoms with E-state index in [1.54, 1.807) is 4.67 Å². The van der Waals surface area contributed by atoms with Gasteiger partial charge in [0.2, 0.25) is 0 Å². The molecular formula is C9H19Cl2N2O2P. The van der Waals surface area contributed by atoms with Gasteiger partial charge in [-0.3, -0.25) is 4.57 Å². The third kappa shape index (κ3) is 3.59. The lowest BCUT2D eigenvalue weighted by molar-refractivity contribution is 0.210. The van der Waals surface area contributed by atoms with Crippen molar-refractivity contribution in [3.63, 3.8) is 0 Å². The Kier molecular flexibility index (Phi) is 6.06. The van der Waals surface area contributed by atoms with E-state index in [1.165, 1.54) is 0 Å². The predicted octanol–water partition coefficient (Wildman–Crippen LogP) is 2.66. The number of alkyl halides is 2. The molecule has 1 aliphatic rings. The molecule has 0 radical (unpaired) electrons. The molecule has 4 nitrogen and oxygen atoms in total. The second kappa shape index (κ2) is 6.58. The van der Waals surface area contributed by atoms with E-state index in [0.29, 0.717) is 25.6 Å². The maximum absolute atomic E-state index is 12.5. The summed E-state index contributed by atoms with van der Waals surface area (Å²) >= 11 is 11.8. The Balaban J connectivity index is 2.78. The molecule has 16 heavy (non-hydrogen) atoms. The maximum atomic E-state index is 12.5. The van der Waals surface area contributed by atoms with Crippen molar-refractivity contribution in [3.8, 4) is 0 Å². The van der Waals surface area contributed by atoms with Gasteiger partial charge in [0.1, 0.15) is 0 Å². The third-order valence-corrected chi connectivity index (χ3v) is 5.62. The fourth-order valence-corrected chi connectivity index (χ4v) is 4.39. The average molecular weight is 289 g/mol. The van der Waals surface area contributed by atoms with Crippen LogP contribution in [0.3, 0.4) is 0 Å². The molecule has 0 aromatic rings. The molecule has 0 saturated carbocycles. The summed E-state index contributed by atoms with van der Waals surface area (Å²) in [5.41, 5.74) is 0. The van der Waals surface area contributed by atoms with E-state index in [4.69, 9.17) is 27.7 Å². The van der Waals surface area contributed by atoms with Crippen LogP contribution in [0.25, 0.3) is 0 Å². The van der Waals surface area contributed by atoms with E-state index in [-0.39, 0.29) is 11.4 Å². The zero-order chi connectivity index (χ0) is 12.2. The van der Waals surface area contributed by atoms with Crippen LogP contribution in [0.4, 0.5) is 0 Å².